The Morgan fingerprint density at radius 2 is 1.04 bits per heavy atom. The van der Waals surface area contributed by atoms with E-state index >= 15 is 0 Å². The van der Waals surface area contributed by atoms with Gasteiger partial charge < -0.3 is 20.1 Å². The Labute approximate surface area is 319 Å². The van der Waals surface area contributed by atoms with Gasteiger partial charge in [-0.3, -0.25) is 13.8 Å². The maximum absolute atomic E-state index is 12.5. The highest BCUT2D eigenvalue weighted by molar-refractivity contribution is 7.47. The first-order valence-corrected chi connectivity index (χ1v) is 22.3. The van der Waals surface area contributed by atoms with Gasteiger partial charge in [0.25, 0.3) is 0 Å². The molecule has 0 bridgehead atoms. The highest BCUT2D eigenvalue weighted by atomic mass is 31.2. The van der Waals surface area contributed by atoms with Crippen LogP contribution in [0.1, 0.15) is 174 Å². The van der Waals surface area contributed by atoms with Crippen molar-refractivity contribution in [3.05, 3.63) is 60.9 Å². The molecule has 2 atom stereocenters. The molecule has 0 aliphatic heterocycles. The van der Waals surface area contributed by atoms with Crippen LogP contribution in [0.5, 0.6) is 0 Å². The van der Waals surface area contributed by atoms with Crippen LogP contribution in [0.3, 0.4) is 0 Å². The maximum Gasteiger partial charge on any atom is 0.472 e. The lowest BCUT2D eigenvalue weighted by molar-refractivity contribution is -0.153. The lowest BCUT2D eigenvalue weighted by Gasteiger charge is -2.19. The van der Waals surface area contributed by atoms with Gasteiger partial charge in [0, 0.05) is 13.0 Å². The minimum Gasteiger partial charge on any atom is -0.498 e. The average molecular weight is 752 g/mol. The predicted molar refractivity (Wildman–Crippen MR) is 219 cm³/mol. The fourth-order valence-electron chi connectivity index (χ4n) is 5.38. The highest BCUT2D eigenvalue weighted by Gasteiger charge is 2.25. The summed E-state index contributed by atoms with van der Waals surface area (Å²) in [7, 11) is -4.31. The van der Waals surface area contributed by atoms with Crippen LogP contribution in [0, 0.1) is 0 Å². The van der Waals surface area contributed by atoms with Gasteiger partial charge in [0.05, 0.1) is 19.5 Å². The Hall–Kier alpha value is -1.96. The van der Waals surface area contributed by atoms with E-state index in [4.69, 9.17) is 24.3 Å². The molecule has 52 heavy (non-hydrogen) atoms. The van der Waals surface area contributed by atoms with Crippen molar-refractivity contribution in [2.45, 2.75) is 180 Å². The largest absolute Gasteiger partial charge is 0.498 e. The normalized spacial score (nSPS) is 14.1. The van der Waals surface area contributed by atoms with Gasteiger partial charge in [0.1, 0.15) is 6.61 Å². The lowest BCUT2D eigenvalue weighted by atomic mass is 10.1. The zero-order chi connectivity index (χ0) is 38.1. The fourth-order valence-corrected chi connectivity index (χ4v) is 6.15. The van der Waals surface area contributed by atoms with E-state index in [0.717, 1.165) is 32.1 Å². The van der Waals surface area contributed by atoms with Crippen LogP contribution in [0.25, 0.3) is 0 Å². The standard InChI is InChI=1S/C43H78NO7P/c1-3-5-7-9-11-13-15-17-19-21-22-24-26-28-30-32-34-36-43(45)51-42(41-50-52(46,47)49-39-37-44)40-48-38-35-33-31-29-27-25-23-20-18-16-14-12-10-8-6-4-2/h14,16-17,19,22,24,28,30,35,38,42H,3-13,15,18,20-21,23,25-27,29,31-34,36-37,39-41,44H2,1-2H3,(H,46,47). The summed E-state index contributed by atoms with van der Waals surface area (Å²) in [5, 5.41) is 0. The summed E-state index contributed by atoms with van der Waals surface area (Å²) in [6, 6.07) is 0. The molecule has 0 fully saturated rings. The molecular formula is C43H78NO7P. The van der Waals surface area contributed by atoms with Gasteiger partial charge in [-0.1, -0.05) is 140 Å². The minimum absolute atomic E-state index is 0.00673. The highest BCUT2D eigenvalue weighted by Crippen LogP contribution is 2.43. The number of unbranched alkanes of at least 4 members (excludes halogenated alkanes) is 18. The molecular weight excluding hydrogens is 673 g/mol. The van der Waals surface area contributed by atoms with E-state index in [0.29, 0.717) is 6.42 Å². The minimum atomic E-state index is -4.31. The average Bonchev–Trinajstić information content (AvgIpc) is 3.13. The molecule has 302 valence electrons. The van der Waals surface area contributed by atoms with Crippen LogP contribution in [0.15, 0.2) is 60.9 Å². The molecule has 0 saturated carbocycles. The van der Waals surface area contributed by atoms with E-state index < -0.39 is 19.9 Å². The van der Waals surface area contributed by atoms with Gasteiger partial charge in [-0.25, -0.2) is 4.57 Å². The number of hydrogen-bond acceptors (Lipinski definition) is 7. The molecule has 0 saturated heterocycles. The molecule has 2 unspecified atom stereocenters. The molecule has 0 radical (unpaired) electrons. The topological polar surface area (TPSA) is 117 Å². The smallest absolute Gasteiger partial charge is 0.472 e. The molecule has 0 rings (SSSR count). The summed E-state index contributed by atoms with van der Waals surface area (Å²) in [6.45, 7) is 4.15. The number of carbonyl (C=O) groups is 1. The van der Waals surface area contributed by atoms with Crippen LogP contribution in [-0.4, -0.2) is 43.3 Å². The first kappa shape index (κ1) is 50.0. The second-order valence-corrected chi connectivity index (χ2v) is 15.0. The van der Waals surface area contributed by atoms with Gasteiger partial charge in [0.2, 0.25) is 0 Å². The van der Waals surface area contributed by atoms with Crippen molar-refractivity contribution >= 4 is 13.8 Å². The predicted octanol–water partition coefficient (Wildman–Crippen LogP) is 12.5. The number of phosphoric acid groups is 1. The van der Waals surface area contributed by atoms with Crippen LogP contribution in [-0.2, 0) is 27.9 Å². The quantitative estimate of drug-likeness (QED) is 0.0210. The third-order valence-corrected chi connectivity index (χ3v) is 9.46. The Morgan fingerprint density at radius 3 is 1.58 bits per heavy atom. The summed E-state index contributed by atoms with van der Waals surface area (Å²) in [4.78, 5) is 22.4. The van der Waals surface area contributed by atoms with E-state index in [1.54, 1.807) is 6.26 Å². The fraction of sp³-hybridized carbons (Fsp3) is 0.744. The van der Waals surface area contributed by atoms with Crippen molar-refractivity contribution in [3.63, 3.8) is 0 Å². The van der Waals surface area contributed by atoms with Gasteiger partial charge >= 0.3 is 13.8 Å². The Balaban J connectivity index is 4.22. The molecule has 0 aromatic heterocycles. The number of hydrogen-bond donors (Lipinski definition) is 2. The SMILES string of the molecule is CCCCCCC=CCCCCCCCCC=COCC(COP(=O)(O)OCCN)OC(=O)CCCC=CCC=CCC=CCCCCCCCC. The molecule has 0 aromatic rings. The van der Waals surface area contributed by atoms with Crippen LogP contribution < -0.4 is 5.73 Å². The Bertz CT molecular complexity index is 979. The van der Waals surface area contributed by atoms with E-state index in [-0.39, 0.29) is 32.8 Å². The molecule has 0 spiro atoms. The number of esters is 1. The molecule has 3 N–H and O–H groups in total. The van der Waals surface area contributed by atoms with E-state index in [1.165, 1.54) is 116 Å². The first-order chi connectivity index (χ1) is 25.4. The number of phosphoric ester groups is 1. The number of allylic oxidation sites excluding steroid dienone is 9. The molecule has 0 amide bonds. The molecule has 0 aliphatic rings. The molecule has 0 heterocycles. The number of nitrogens with two attached hydrogens (primary N) is 1. The zero-order valence-corrected chi connectivity index (χ0v) is 34.2. The summed E-state index contributed by atoms with van der Waals surface area (Å²) in [6.07, 6.45) is 49.1. The van der Waals surface area contributed by atoms with E-state index in [2.05, 4.69) is 62.5 Å². The summed E-state index contributed by atoms with van der Waals surface area (Å²) in [5.74, 6) is -0.406. The van der Waals surface area contributed by atoms with Gasteiger partial charge in [-0.2, -0.15) is 0 Å². The van der Waals surface area contributed by atoms with Crippen molar-refractivity contribution in [1.82, 2.24) is 0 Å². The van der Waals surface area contributed by atoms with Gasteiger partial charge in [-0.05, 0) is 83.1 Å². The summed E-state index contributed by atoms with van der Waals surface area (Å²) in [5.41, 5.74) is 5.35. The number of rotatable bonds is 39. The van der Waals surface area contributed by atoms with Gasteiger partial charge in [0.15, 0.2) is 6.10 Å². The van der Waals surface area contributed by atoms with Gasteiger partial charge in [-0.15, -0.1) is 0 Å². The van der Waals surface area contributed by atoms with Crippen molar-refractivity contribution in [2.75, 3.05) is 26.4 Å². The molecule has 0 aromatic carbocycles. The third kappa shape index (κ3) is 39.3. The van der Waals surface area contributed by atoms with Crippen LogP contribution in [0.4, 0.5) is 0 Å². The second-order valence-electron chi connectivity index (χ2n) is 13.6. The summed E-state index contributed by atoms with van der Waals surface area (Å²) < 4.78 is 33.1. The Kier molecular flexibility index (Phi) is 38.7. The molecule has 0 aliphatic carbocycles. The van der Waals surface area contributed by atoms with Crippen LogP contribution >= 0.6 is 7.82 Å². The van der Waals surface area contributed by atoms with E-state index in [9.17, 15) is 14.3 Å². The van der Waals surface area contributed by atoms with Crippen molar-refractivity contribution in [3.8, 4) is 0 Å². The van der Waals surface area contributed by atoms with Crippen molar-refractivity contribution < 1.29 is 32.8 Å². The number of ether oxygens (including phenoxy) is 2. The maximum atomic E-state index is 12.5. The second kappa shape index (κ2) is 40.2. The third-order valence-electron chi connectivity index (χ3n) is 8.47. The van der Waals surface area contributed by atoms with E-state index in [1.807, 2.05) is 6.08 Å². The monoisotopic (exact) mass is 752 g/mol. The van der Waals surface area contributed by atoms with Crippen molar-refractivity contribution in [1.29, 1.82) is 0 Å². The Morgan fingerprint density at radius 1 is 0.596 bits per heavy atom. The number of carbonyl (C=O) groups excluding carboxylic acids is 1. The molecule has 8 nitrogen and oxygen atoms in total. The van der Waals surface area contributed by atoms with Crippen molar-refractivity contribution in [2.24, 2.45) is 5.73 Å². The zero-order valence-electron chi connectivity index (χ0n) is 33.3. The molecule has 9 heteroatoms. The lowest BCUT2D eigenvalue weighted by Crippen LogP contribution is -2.27. The van der Waals surface area contributed by atoms with Crippen LogP contribution in [0.2, 0.25) is 0 Å². The summed E-state index contributed by atoms with van der Waals surface area (Å²) >= 11 is 0. The first-order valence-electron chi connectivity index (χ1n) is 20.8.